The average Bonchev–Trinajstić information content (AvgIpc) is 2.56. The van der Waals surface area contributed by atoms with E-state index in [-0.39, 0.29) is 5.76 Å². The van der Waals surface area contributed by atoms with Crippen molar-refractivity contribution in [3.8, 4) is 0 Å². The molecule has 0 bridgehead atoms. The van der Waals surface area contributed by atoms with E-state index in [0.29, 0.717) is 23.9 Å². The van der Waals surface area contributed by atoms with Gasteiger partial charge in [0.2, 0.25) is 5.76 Å². The van der Waals surface area contributed by atoms with Gasteiger partial charge in [0.15, 0.2) is 0 Å². The van der Waals surface area contributed by atoms with Crippen molar-refractivity contribution in [1.82, 2.24) is 5.32 Å². The number of carboxylic acids is 1. The van der Waals surface area contributed by atoms with Crippen LogP contribution in [0.25, 0.3) is 0 Å². The maximum atomic E-state index is 10.7. The molecule has 0 saturated heterocycles. The first kappa shape index (κ1) is 11.8. The third-order valence-corrected chi connectivity index (χ3v) is 2.40. The molecule has 84 valence electrons. The minimum Gasteiger partial charge on any atom is -0.475 e. The molecule has 1 rings (SSSR count). The van der Waals surface area contributed by atoms with Gasteiger partial charge < -0.3 is 14.8 Å². The lowest BCUT2D eigenvalue weighted by Crippen LogP contribution is -2.24. The Morgan fingerprint density at radius 2 is 2.33 bits per heavy atom. The van der Waals surface area contributed by atoms with Gasteiger partial charge in [-0.3, -0.25) is 0 Å². The van der Waals surface area contributed by atoms with E-state index in [4.69, 9.17) is 9.52 Å². The van der Waals surface area contributed by atoms with E-state index in [1.54, 1.807) is 13.0 Å². The van der Waals surface area contributed by atoms with E-state index >= 15 is 0 Å². The van der Waals surface area contributed by atoms with Crippen LogP contribution in [-0.2, 0) is 6.54 Å². The first-order valence-corrected chi connectivity index (χ1v) is 5.10. The number of furan rings is 1. The van der Waals surface area contributed by atoms with Crippen molar-refractivity contribution in [3.05, 3.63) is 23.2 Å². The van der Waals surface area contributed by atoms with Crippen LogP contribution in [0.3, 0.4) is 0 Å². The van der Waals surface area contributed by atoms with Gasteiger partial charge in [-0.2, -0.15) is 0 Å². The minimum atomic E-state index is -1.01. The van der Waals surface area contributed by atoms with E-state index < -0.39 is 5.97 Å². The van der Waals surface area contributed by atoms with E-state index in [1.165, 1.54) is 0 Å². The normalized spacial score (nSPS) is 12.7. The fourth-order valence-electron chi connectivity index (χ4n) is 1.27. The number of carboxylic acid groups (broad SMARTS) is 1. The summed E-state index contributed by atoms with van der Waals surface area (Å²) in [6.45, 7) is 6.48. The molecule has 0 fully saturated rings. The van der Waals surface area contributed by atoms with Crippen LogP contribution < -0.4 is 5.32 Å². The molecule has 0 aliphatic rings. The molecule has 0 aromatic carbocycles. The topological polar surface area (TPSA) is 62.5 Å². The number of aromatic carboxylic acids is 1. The molecule has 0 aliphatic carbocycles. The van der Waals surface area contributed by atoms with Crippen LogP contribution in [0.4, 0.5) is 0 Å². The molecule has 0 spiro atoms. The van der Waals surface area contributed by atoms with Crippen LogP contribution in [0.5, 0.6) is 0 Å². The van der Waals surface area contributed by atoms with E-state index in [9.17, 15) is 4.79 Å². The summed E-state index contributed by atoms with van der Waals surface area (Å²) in [4.78, 5) is 10.7. The first-order chi connectivity index (χ1) is 7.04. The van der Waals surface area contributed by atoms with Gasteiger partial charge >= 0.3 is 5.97 Å². The standard InChI is InChI=1S/C11H17NO3/c1-4-8(3)12-6-9-5-7(2)10(15-9)11(13)14/h5,8,12H,4,6H2,1-3H3,(H,13,14). The third-order valence-electron chi connectivity index (χ3n) is 2.40. The number of hydrogen-bond donors (Lipinski definition) is 2. The number of rotatable bonds is 5. The smallest absolute Gasteiger partial charge is 0.372 e. The highest BCUT2D eigenvalue weighted by atomic mass is 16.4. The van der Waals surface area contributed by atoms with Gasteiger partial charge in [0.25, 0.3) is 0 Å². The molecule has 0 radical (unpaired) electrons. The van der Waals surface area contributed by atoms with Crippen LogP contribution in [0.1, 0.15) is 42.1 Å². The summed E-state index contributed by atoms with van der Waals surface area (Å²) in [5.41, 5.74) is 0.670. The minimum absolute atomic E-state index is 0.0379. The van der Waals surface area contributed by atoms with Crippen LogP contribution in [0.15, 0.2) is 10.5 Å². The summed E-state index contributed by atoms with van der Waals surface area (Å²) < 4.78 is 5.21. The molecule has 1 atom stereocenters. The van der Waals surface area contributed by atoms with Crippen molar-refractivity contribution in [2.45, 2.75) is 39.8 Å². The quantitative estimate of drug-likeness (QED) is 0.783. The fraction of sp³-hybridized carbons (Fsp3) is 0.545. The molecule has 15 heavy (non-hydrogen) atoms. The maximum absolute atomic E-state index is 10.7. The molecule has 0 aliphatic heterocycles. The Balaban J connectivity index is 2.63. The largest absolute Gasteiger partial charge is 0.475 e. The second-order valence-corrected chi connectivity index (χ2v) is 3.72. The zero-order valence-electron chi connectivity index (χ0n) is 9.33. The predicted molar refractivity (Wildman–Crippen MR) is 57.0 cm³/mol. The Morgan fingerprint density at radius 1 is 1.67 bits per heavy atom. The van der Waals surface area contributed by atoms with Crippen molar-refractivity contribution < 1.29 is 14.3 Å². The Labute approximate surface area is 89.3 Å². The Kier molecular flexibility index (Phi) is 3.91. The summed E-state index contributed by atoms with van der Waals surface area (Å²) in [6.07, 6.45) is 1.03. The fourth-order valence-corrected chi connectivity index (χ4v) is 1.27. The molecular weight excluding hydrogens is 194 g/mol. The number of aryl methyl sites for hydroxylation is 1. The van der Waals surface area contributed by atoms with Gasteiger partial charge in [0.05, 0.1) is 6.54 Å². The average molecular weight is 211 g/mol. The molecule has 1 heterocycles. The number of nitrogens with one attached hydrogen (secondary N) is 1. The van der Waals surface area contributed by atoms with Crippen LogP contribution >= 0.6 is 0 Å². The number of hydrogen-bond acceptors (Lipinski definition) is 3. The zero-order chi connectivity index (χ0) is 11.4. The SMILES string of the molecule is CCC(C)NCc1cc(C)c(C(=O)O)o1. The van der Waals surface area contributed by atoms with Crippen molar-refractivity contribution in [1.29, 1.82) is 0 Å². The van der Waals surface area contributed by atoms with Crippen LogP contribution in [0, 0.1) is 6.92 Å². The second-order valence-electron chi connectivity index (χ2n) is 3.72. The Hall–Kier alpha value is -1.29. The highest BCUT2D eigenvalue weighted by molar-refractivity contribution is 5.86. The van der Waals surface area contributed by atoms with Gasteiger partial charge in [0.1, 0.15) is 5.76 Å². The van der Waals surface area contributed by atoms with Crippen molar-refractivity contribution in [3.63, 3.8) is 0 Å². The lowest BCUT2D eigenvalue weighted by Gasteiger charge is -2.08. The van der Waals surface area contributed by atoms with Gasteiger partial charge in [0, 0.05) is 11.6 Å². The maximum Gasteiger partial charge on any atom is 0.372 e. The predicted octanol–water partition coefficient (Wildman–Crippen LogP) is 2.17. The van der Waals surface area contributed by atoms with E-state index in [0.717, 1.165) is 6.42 Å². The van der Waals surface area contributed by atoms with Crippen molar-refractivity contribution >= 4 is 5.97 Å². The highest BCUT2D eigenvalue weighted by Crippen LogP contribution is 2.14. The summed E-state index contributed by atoms with van der Waals surface area (Å²) in [5, 5.41) is 12.0. The molecule has 4 heteroatoms. The van der Waals surface area contributed by atoms with Gasteiger partial charge in [-0.15, -0.1) is 0 Å². The van der Waals surface area contributed by atoms with Crippen molar-refractivity contribution in [2.24, 2.45) is 0 Å². The zero-order valence-corrected chi connectivity index (χ0v) is 9.33. The Morgan fingerprint density at radius 3 is 2.80 bits per heavy atom. The summed E-state index contributed by atoms with van der Waals surface area (Å²) in [5.74, 6) is -0.302. The van der Waals surface area contributed by atoms with Gasteiger partial charge in [-0.05, 0) is 26.3 Å². The molecule has 1 aromatic heterocycles. The molecule has 1 aromatic rings. The molecule has 1 unspecified atom stereocenters. The number of carbonyl (C=O) groups is 1. The highest BCUT2D eigenvalue weighted by Gasteiger charge is 2.14. The third kappa shape index (κ3) is 3.09. The monoisotopic (exact) mass is 211 g/mol. The second kappa shape index (κ2) is 4.98. The van der Waals surface area contributed by atoms with E-state index in [2.05, 4.69) is 19.2 Å². The molecule has 0 saturated carbocycles. The van der Waals surface area contributed by atoms with Crippen molar-refractivity contribution in [2.75, 3.05) is 0 Å². The summed E-state index contributed by atoms with van der Waals surface area (Å²) in [6, 6.07) is 2.17. The van der Waals surface area contributed by atoms with Gasteiger partial charge in [-0.25, -0.2) is 4.79 Å². The molecule has 2 N–H and O–H groups in total. The molecule has 0 amide bonds. The lowest BCUT2D eigenvalue weighted by atomic mass is 10.2. The van der Waals surface area contributed by atoms with Crippen LogP contribution in [-0.4, -0.2) is 17.1 Å². The lowest BCUT2D eigenvalue weighted by molar-refractivity contribution is 0.0659. The summed E-state index contributed by atoms with van der Waals surface area (Å²) in [7, 11) is 0. The summed E-state index contributed by atoms with van der Waals surface area (Å²) >= 11 is 0. The molecular formula is C11H17NO3. The van der Waals surface area contributed by atoms with Gasteiger partial charge in [-0.1, -0.05) is 6.92 Å². The molecule has 4 nitrogen and oxygen atoms in total. The van der Waals surface area contributed by atoms with E-state index in [1.807, 2.05) is 0 Å². The first-order valence-electron chi connectivity index (χ1n) is 5.10. The van der Waals surface area contributed by atoms with Crippen LogP contribution in [0.2, 0.25) is 0 Å². The Bertz CT molecular complexity index is 344.